The van der Waals surface area contributed by atoms with Gasteiger partial charge in [0, 0.05) is 11.6 Å². The summed E-state index contributed by atoms with van der Waals surface area (Å²) >= 11 is 0. The fourth-order valence-electron chi connectivity index (χ4n) is 4.65. The van der Waals surface area contributed by atoms with Crippen molar-refractivity contribution < 1.29 is 4.79 Å². The van der Waals surface area contributed by atoms with Crippen molar-refractivity contribution in [3.05, 3.63) is 48.0 Å². The Balaban J connectivity index is 1.42. The highest BCUT2D eigenvalue weighted by atomic mass is 16.2. The number of hydrazone groups is 1. The monoisotopic (exact) mass is 320 g/mol. The number of fused-ring (bicyclic) bond motifs is 3. The molecule has 124 valence electrons. The van der Waals surface area contributed by atoms with Crippen molar-refractivity contribution >= 4 is 22.4 Å². The fourth-order valence-corrected chi connectivity index (χ4v) is 4.65. The molecule has 0 unspecified atom stereocenters. The second-order valence-corrected chi connectivity index (χ2v) is 7.38. The molecule has 1 N–H and O–H groups in total. The molecule has 0 heterocycles. The molecule has 24 heavy (non-hydrogen) atoms. The number of carbonyl (C=O) groups is 1. The van der Waals surface area contributed by atoms with Crippen molar-refractivity contribution in [2.75, 3.05) is 0 Å². The maximum atomic E-state index is 12.3. The zero-order chi connectivity index (χ0) is 16.5. The summed E-state index contributed by atoms with van der Waals surface area (Å²) in [6, 6.07) is 14.3. The molecule has 0 aromatic heterocycles. The van der Waals surface area contributed by atoms with E-state index in [0.717, 1.165) is 28.5 Å². The van der Waals surface area contributed by atoms with Crippen molar-refractivity contribution in [2.45, 2.75) is 39.0 Å². The third kappa shape index (κ3) is 2.95. The maximum absolute atomic E-state index is 12.3. The fraction of sp³-hybridized carbons (Fsp3) is 0.429. The van der Waals surface area contributed by atoms with Gasteiger partial charge in [0.05, 0.1) is 6.42 Å². The van der Waals surface area contributed by atoms with Gasteiger partial charge < -0.3 is 0 Å². The lowest BCUT2D eigenvalue weighted by Gasteiger charge is -2.21. The average molecular weight is 320 g/mol. The zero-order valence-corrected chi connectivity index (χ0v) is 14.2. The van der Waals surface area contributed by atoms with E-state index in [9.17, 15) is 4.79 Å². The average Bonchev–Trinajstić information content (AvgIpc) is 3.23. The van der Waals surface area contributed by atoms with Crippen molar-refractivity contribution in [1.82, 2.24) is 5.43 Å². The quantitative estimate of drug-likeness (QED) is 0.662. The SMILES string of the molecule is C/C(=N\NC(=O)Cc1cccc2ccccc12)[C@H]1C[C@H]2CC[C@@H]1C2. The van der Waals surface area contributed by atoms with Crippen LogP contribution in [-0.2, 0) is 11.2 Å². The van der Waals surface area contributed by atoms with Gasteiger partial charge in [0.15, 0.2) is 0 Å². The predicted octanol–water partition coefficient (Wildman–Crippen LogP) is 4.31. The Morgan fingerprint density at radius 1 is 1.12 bits per heavy atom. The summed E-state index contributed by atoms with van der Waals surface area (Å²) in [7, 11) is 0. The summed E-state index contributed by atoms with van der Waals surface area (Å²) < 4.78 is 0. The van der Waals surface area contributed by atoms with Crippen LogP contribution in [0.2, 0.25) is 0 Å². The topological polar surface area (TPSA) is 41.5 Å². The van der Waals surface area contributed by atoms with Gasteiger partial charge in [0.2, 0.25) is 5.91 Å². The lowest BCUT2D eigenvalue weighted by Crippen LogP contribution is -2.25. The lowest BCUT2D eigenvalue weighted by atomic mass is 9.86. The van der Waals surface area contributed by atoms with E-state index < -0.39 is 0 Å². The van der Waals surface area contributed by atoms with Gasteiger partial charge in [0.25, 0.3) is 0 Å². The third-order valence-corrected chi connectivity index (χ3v) is 5.86. The summed E-state index contributed by atoms with van der Waals surface area (Å²) in [5.74, 6) is 2.25. The Morgan fingerprint density at radius 2 is 1.96 bits per heavy atom. The van der Waals surface area contributed by atoms with Gasteiger partial charge in [-0.25, -0.2) is 5.43 Å². The predicted molar refractivity (Wildman–Crippen MR) is 97.8 cm³/mol. The molecule has 2 aliphatic rings. The largest absolute Gasteiger partial charge is 0.273 e. The molecule has 2 bridgehead atoms. The summed E-state index contributed by atoms with van der Waals surface area (Å²) in [6.45, 7) is 2.07. The molecule has 1 amide bonds. The molecule has 0 spiro atoms. The van der Waals surface area contributed by atoms with E-state index in [1.54, 1.807) is 0 Å². The molecule has 3 nitrogen and oxygen atoms in total. The minimum Gasteiger partial charge on any atom is -0.273 e. The van der Waals surface area contributed by atoms with Gasteiger partial charge in [0.1, 0.15) is 0 Å². The van der Waals surface area contributed by atoms with Gasteiger partial charge in [-0.2, -0.15) is 5.10 Å². The number of carbonyl (C=O) groups excluding carboxylic acids is 1. The molecule has 2 aromatic carbocycles. The first kappa shape index (κ1) is 15.4. The number of hydrogen-bond donors (Lipinski definition) is 1. The molecule has 0 saturated heterocycles. The number of benzene rings is 2. The Labute approximate surface area is 143 Å². The minimum atomic E-state index is -0.0335. The van der Waals surface area contributed by atoms with Crippen LogP contribution in [0.1, 0.15) is 38.2 Å². The first-order valence-corrected chi connectivity index (χ1v) is 9.00. The lowest BCUT2D eigenvalue weighted by molar-refractivity contribution is -0.120. The molecule has 0 aliphatic heterocycles. The highest BCUT2D eigenvalue weighted by molar-refractivity contribution is 5.91. The van der Waals surface area contributed by atoms with E-state index in [2.05, 4.69) is 35.7 Å². The first-order valence-electron chi connectivity index (χ1n) is 9.00. The van der Waals surface area contributed by atoms with Crippen LogP contribution in [0.5, 0.6) is 0 Å². The van der Waals surface area contributed by atoms with Gasteiger partial charge in [-0.3, -0.25) is 4.79 Å². The maximum Gasteiger partial charge on any atom is 0.244 e. The molecule has 0 radical (unpaired) electrons. The van der Waals surface area contributed by atoms with E-state index in [4.69, 9.17) is 0 Å². The molecule has 2 fully saturated rings. The zero-order valence-electron chi connectivity index (χ0n) is 14.2. The number of hydrogen-bond acceptors (Lipinski definition) is 2. The van der Waals surface area contributed by atoms with E-state index in [0.29, 0.717) is 12.3 Å². The van der Waals surface area contributed by atoms with Crippen LogP contribution in [0.4, 0.5) is 0 Å². The van der Waals surface area contributed by atoms with Crippen molar-refractivity contribution in [2.24, 2.45) is 22.9 Å². The minimum absolute atomic E-state index is 0.0335. The molecule has 4 rings (SSSR count). The van der Waals surface area contributed by atoms with Crippen LogP contribution >= 0.6 is 0 Å². The second-order valence-electron chi connectivity index (χ2n) is 7.38. The summed E-state index contributed by atoms with van der Waals surface area (Å²) in [4.78, 5) is 12.3. The van der Waals surface area contributed by atoms with Crippen LogP contribution in [-0.4, -0.2) is 11.6 Å². The van der Waals surface area contributed by atoms with Crippen molar-refractivity contribution in [3.8, 4) is 0 Å². The van der Waals surface area contributed by atoms with Crippen LogP contribution < -0.4 is 5.43 Å². The van der Waals surface area contributed by atoms with Crippen molar-refractivity contribution in [1.29, 1.82) is 0 Å². The van der Waals surface area contributed by atoms with Crippen LogP contribution in [0.25, 0.3) is 10.8 Å². The summed E-state index contributed by atoms with van der Waals surface area (Å²) in [5, 5.41) is 6.73. The van der Waals surface area contributed by atoms with E-state index in [-0.39, 0.29) is 5.91 Å². The van der Waals surface area contributed by atoms with Gasteiger partial charge >= 0.3 is 0 Å². The van der Waals surface area contributed by atoms with Crippen LogP contribution in [0.15, 0.2) is 47.6 Å². The van der Waals surface area contributed by atoms with Crippen LogP contribution in [0, 0.1) is 17.8 Å². The highest BCUT2D eigenvalue weighted by Crippen LogP contribution is 2.48. The number of rotatable bonds is 4. The Kier molecular flexibility index (Phi) is 4.09. The number of nitrogens with one attached hydrogen (secondary N) is 1. The molecule has 3 atom stereocenters. The smallest absolute Gasteiger partial charge is 0.244 e. The molecule has 2 aromatic rings. The normalized spacial score (nSPS) is 26.0. The number of nitrogens with zero attached hydrogens (tertiary/aromatic N) is 1. The summed E-state index contributed by atoms with van der Waals surface area (Å²) in [5.41, 5.74) is 4.94. The molecule has 3 heteroatoms. The van der Waals surface area contributed by atoms with Crippen LogP contribution in [0.3, 0.4) is 0 Å². The Hall–Kier alpha value is -2.16. The second kappa shape index (κ2) is 6.39. The van der Waals surface area contributed by atoms with E-state index in [1.165, 1.54) is 31.1 Å². The van der Waals surface area contributed by atoms with Gasteiger partial charge in [-0.1, -0.05) is 48.9 Å². The van der Waals surface area contributed by atoms with E-state index >= 15 is 0 Å². The Bertz CT molecular complexity index is 790. The standard InChI is InChI=1S/C21H24N2O/c1-14(20-12-15-9-10-18(20)11-15)22-23-21(24)13-17-7-4-6-16-5-2-3-8-19(16)17/h2-8,15,18,20H,9-13H2,1H3,(H,23,24)/b22-14+/t15-,18+,20+/m0/s1. The van der Waals surface area contributed by atoms with Crippen molar-refractivity contribution in [3.63, 3.8) is 0 Å². The first-order chi connectivity index (χ1) is 11.7. The molecular weight excluding hydrogens is 296 g/mol. The Morgan fingerprint density at radius 3 is 2.75 bits per heavy atom. The highest BCUT2D eigenvalue weighted by Gasteiger charge is 2.40. The van der Waals surface area contributed by atoms with Gasteiger partial charge in [-0.15, -0.1) is 0 Å². The number of amides is 1. The molecule has 2 aliphatic carbocycles. The van der Waals surface area contributed by atoms with E-state index in [1.807, 2.05) is 24.3 Å². The summed E-state index contributed by atoms with van der Waals surface area (Å²) in [6.07, 6.45) is 5.73. The molecule has 2 saturated carbocycles. The third-order valence-electron chi connectivity index (χ3n) is 5.86. The van der Waals surface area contributed by atoms with Gasteiger partial charge in [-0.05, 0) is 54.4 Å². The molecular formula is C21H24N2O.